The zero-order valence-electron chi connectivity index (χ0n) is 16.8. The normalized spacial score (nSPS) is 15.6. The van der Waals surface area contributed by atoms with Crippen LogP contribution in [0.1, 0.15) is 50.7 Å². The maximum absolute atomic E-state index is 5.52. The minimum atomic E-state index is -0.231. The van der Waals surface area contributed by atoms with Gasteiger partial charge in [-0.15, -0.1) is 21.5 Å². The Morgan fingerprint density at radius 3 is 2.59 bits per heavy atom. The summed E-state index contributed by atoms with van der Waals surface area (Å²) in [5.74, 6) is 2.33. The highest BCUT2D eigenvalue weighted by Gasteiger charge is 2.32. The molecule has 7 heteroatoms. The largest absolute Gasteiger partial charge is 0.449 e. The first-order valence-electron chi connectivity index (χ1n) is 9.58. The van der Waals surface area contributed by atoms with Crippen molar-refractivity contribution in [2.24, 2.45) is 4.99 Å². The molecule has 3 aromatic heterocycles. The molecule has 1 aromatic carbocycles. The Bertz CT molecular complexity index is 1220. The van der Waals surface area contributed by atoms with Crippen LogP contribution in [-0.2, 0) is 6.42 Å². The number of rotatable bonds is 3. The highest BCUT2D eigenvalue weighted by molar-refractivity contribution is 7.15. The zero-order valence-corrected chi connectivity index (χ0v) is 17.6. The van der Waals surface area contributed by atoms with Gasteiger partial charge in [0.15, 0.2) is 11.7 Å². The molecule has 146 valence electrons. The Morgan fingerprint density at radius 1 is 1.07 bits per heavy atom. The molecule has 4 aromatic rings. The van der Waals surface area contributed by atoms with Gasteiger partial charge in [0.05, 0.1) is 18.3 Å². The van der Waals surface area contributed by atoms with Gasteiger partial charge in [-0.3, -0.25) is 9.56 Å². The van der Waals surface area contributed by atoms with Crippen molar-refractivity contribution < 1.29 is 4.42 Å². The predicted molar refractivity (Wildman–Crippen MR) is 113 cm³/mol. The zero-order chi connectivity index (χ0) is 20.1. The van der Waals surface area contributed by atoms with Gasteiger partial charge in [-0.05, 0) is 33.3 Å². The fourth-order valence-electron chi connectivity index (χ4n) is 3.76. The van der Waals surface area contributed by atoms with Crippen LogP contribution in [0.15, 0.2) is 46.1 Å². The van der Waals surface area contributed by atoms with E-state index in [2.05, 4.69) is 64.8 Å². The number of hydrogen-bond donors (Lipinski definition) is 0. The second-order valence-electron chi connectivity index (χ2n) is 7.39. The third-order valence-electron chi connectivity index (χ3n) is 5.42. The second kappa shape index (κ2) is 6.77. The summed E-state index contributed by atoms with van der Waals surface area (Å²) in [5, 5.41) is 10.00. The fourth-order valence-corrected chi connectivity index (χ4v) is 4.97. The van der Waals surface area contributed by atoms with Crippen LogP contribution in [0.4, 0.5) is 0 Å². The van der Waals surface area contributed by atoms with E-state index in [9.17, 15) is 0 Å². The van der Waals surface area contributed by atoms with Crippen LogP contribution in [0.25, 0.3) is 5.00 Å². The third kappa shape index (κ3) is 2.93. The topological polar surface area (TPSA) is 69.1 Å². The summed E-state index contributed by atoms with van der Waals surface area (Å²) >= 11 is 1.77. The van der Waals surface area contributed by atoms with E-state index in [1.54, 1.807) is 23.8 Å². The van der Waals surface area contributed by atoms with E-state index < -0.39 is 0 Å². The number of fused-ring (bicyclic) bond motifs is 3. The maximum Gasteiger partial charge on any atom is 0.196 e. The number of hydrogen-bond acceptors (Lipinski definition) is 6. The maximum atomic E-state index is 5.52. The van der Waals surface area contributed by atoms with Crippen LogP contribution in [0.3, 0.4) is 0 Å². The molecule has 1 atom stereocenters. The smallest absolute Gasteiger partial charge is 0.196 e. The van der Waals surface area contributed by atoms with E-state index in [1.807, 2.05) is 6.92 Å². The van der Waals surface area contributed by atoms with Gasteiger partial charge in [0.25, 0.3) is 0 Å². The van der Waals surface area contributed by atoms with Crippen molar-refractivity contribution in [1.29, 1.82) is 0 Å². The minimum Gasteiger partial charge on any atom is -0.449 e. The molecule has 0 fully saturated rings. The van der Waals surface area contributed by atoms with Crippen molar-refractivity contribution in [1.82, 2.24) is 19.7 Å². The number of oxazole rings is 1. The molecule has 0 N–H and O–H groups in total. The lowest BCUT2D eigenvalue weighted by Gasteiger charge is -2.11. The van der Waals surface area contributed by atoms with E-state index in [4.69, 9.17) is 9.41 Å². The summed E-state index contributed by atoms with van der Waals surface area (Å²) < 4.78 is 7.67. The number of benzene rings is 1. The van der Waals surface area contributed by atoms with Crippen LogP contribution in [-0.4, -0.2) is 25.5 Å². The number of thiophene rings is 1. The average molecular weight is 404 g/mol. The molecule has 0 spiro atoms. The minimum absolute atomic E-state index is 0.231. The molecule has 0 amide bonds. The van der Waals surface area contributed by atoms with E-state index in [0.717, 1.165) is 33.5 Å². The average Bonchev–Trinajstić information content (AvgIpc) is 3.39. The van der Waals surface area contributed by atoms with E-state index in [1.165, 1.54) is 16.0 Å². The van der Waals surface area contributed by atoms with Crippen LogP contribution < -0.4 is 0 Å². The number of nitrogens with zero attached hydrogens (tertiary/aromatic N) is 5. The molecule has 4 heterocycles. The SMILES string of the molecule is Cc1ccc(C2=NC(Cc3ncco3)c3nnc(C)n3-c3sc(C)c(C)c32)cc1. The van der Waals surface area contributed by atoms with E-state index in [0.29, 0.717) is 12.3 Å². The van der Waals surface area contributed by atoms with Gasteiger partial charge in [0, 0.05) is 16.0 Å². The molecule has 5 rings (SSSR count). The van der Waals surface area contributed by atoms with Crippen molar-refractivity contribution in [2.75, 3.05) is 0 Å². The molecule has 29 heavy (non-hydrogen) atoms. The molecule has 1 unspecified atom stereocenters. The lowest BCUT2D eigenvalue weighted by atomic mass is 9.99. The molecule has 0 aliphatic carbocycles. The highest BCUT2D eigenvalue weighted by Crippen LogP contribution is 2.39. The van der Waals surface area contributed by atoms with Gasteiger partial charge in [0.2, 0.25) is 0 Å². The van der Waals surface area contributed by atoms with Gasteiger partial charge in [-0.1, -0.05) is 29.8 Å². The first kappa shape index (κ1) is 18.0. The van der Waals surface area contributed by atoms with Crippen LogP contribution >= 0.6 is 11.3 Å². The van der Waals surface area contributed by atoms with Gasteiger partial charge < -0.3 is 4.42 Å². The number of aromatic nitrogens is 4. The Labute approximate surface area is 173 Å². The molecule has 0 bridgehead atoms. The van der Waals surface area contributed by atoms with Gasteiger partial charge >= 0.3 is 0 Å². The predicted octanol–water partition coefficient (Wildman–Crippen LogP) is 4.69. The number of aliphatic imine (C=N–C) groups is 1. The van der Waals surface area contributed by atoms with Gasteiger partial charge in [0.1, 0.15) is 23.1 Å². The fraction of sp³-hybridized carbons (Fsp3) is 0.273. The lowest BCUT2D eigenvalue weighted by Crippen LogP contribution is -2.09. The van der Waals surface area contributed by atoms with Crippen LogP contribution in [0.5, 0.6) is 0 Å². The van der Waals surface area contributed by atoms with Crippen molar-refractivity contribution in [3.8, 4) is 5.00 Å². The quantitative estimate of drug-likeness (QED) is 0.498. The monoisotopic (exact) mass is 403 g/mol. The van der Waals surface area contributed by atoms with Crippen molar-refractivity contribution >= 4 is 17.0 Å². The van der Waals surface area contributed by atoms with Crippen LogP contribution in [0.2, 0.25) is 0 Å². The van der Waals surface area contributed by atoms with E-state index >= 15 is 0 Å². The van der Waals surface area contributed by atoms with Gasteiger partial charge in [-0.2, -0.15) is 0 Å². The Hall–Kier alpha value is -3.06. The van der Waals surface area contributed by atoms with Crippen molar-refractivity contribution in [2.45, 2.75) is 40.2 Å². The van der Waals surface area contributed by atoms with Crippen molar-refractivity contribution in [3.63, 3.8) is 0 Å². The van der Waals surface area contributed by atoms with Gasteiger partial charge in [-0.25, -0.2) is 4.98 Å². The summed E-state index contributed by atoms with van der Waals surface area (Å²) in [6, 6.07) is 8.32. The molecule has 6 nitrogen and oxygen atoms in total. The molecular formula is C22H21N5OS. The summed E-state index contributed by atoms with van der Waals surface area (Å²) in [6.45, 7) is 8.41. The third-order valence-corrected chi connectivity index (χ3v) is 6.61. The number of aryl methyl sites for hydroxylation is 3. The summed E-state index contributed by atoms with van der Waals surface area (Å²) in [7, 11) is 0. The Kier molecular flexibility index (Phi) is 4.20. The molecule has 0 saturated carbocycles. The summed E-state index contributed by atoms with van der Waals surface area (Å²) in [4.78, 5) is 10.8. The Morgan fingerprint density at radius 2 is 1.86 bits per heavy atom. The van der Waals surface area contributed by atoms with Crippen molar-refractivity contribution in [3.05, 3.63) is 81.4 Å². The summed E-state index contributed by atoms with van der Waals surface area (Å²) in [5.41, 5.74) is 5.73. The lowest BCUT2D eigenvalue weighted by molar-refractivity contribution is 0.467. The van der Waals surface area contributed by atoms with E-state index in [-0.39, 0.29) is 6.04 Å². The summed E-state index contributed by atoms with van der Waals surface area (Å²) in [6.07, 6.45) is 3.79. The first-order valence-corrected chi connectivity index (χ1v) is 10.4. The highest BCUT2D eigenvalue weighted by atomic mass is 32.1. The second-order valence-corrected chi connectivity index (χ2v) is 8.60. The Balaban J connectivity index is 1.78. The molecule has 1 aliphatic heterocycles. The molecule has 0 radical (unpaired) electrons. The molecule has 0 saturated heterocycles. The first-order chi connectivity index (χ1) is 14.0. The molecule has 1 aliphatic rings. The standard InChI is InChI=1S/C22H21N5OS/c1-12-5-7-16(8-6-12)20-19-13(2)14(3)29-22(19)27-15(4)25-26-21(27)17(24-20)11-18-23-9-10-28-18/h5-10,17H,11H2,1-4H3. The van der Waals surface area contributed by atoms with Crippen LogP contribution in [0, 0.1) is 27.7 Å². The molecular weight excluding hydrogens is 382 g/mol.